The standard InChI is InChI=1S/C20H19F5O5S2/c1-19(32(28,29)15-8-12(20(23,24)25)7-13(21)9-15)5-6-30-18(11-19)16-4-3-14(10-17(16)22)31(2,26)27/h3-4,7-10,18H,5-6,11H2,1-2H3. The Hall–Kier alpha value is -2.05. The zero-order valence-electron chi connectivity index (χ0n) is 16.9. The number of halogens is 5. The van der Waals surface area contributed by atoms with Crippen LogP contribution < -0.4 is 0 Å². The minimum Gasteiger partial charge on any atom is -0.373 e. The average Bonchev–Trinajstić information content (AvgIpc) is 2.66. The highest BCUT2D eigenvalue weighted by Gasteiger charge is 2.46. The Morgan fingerprint density at radius 3 is 2.22 bits per heavy atom. The first-order valence-corrected chi connectivity index (χ1v) is 12.7. The van der Waals surface area contributed by atoms with Crippen LogP contribution in [0.15, 0.2) is 46.2 Å². The summed E-state index contributed by atoms with van der Waals surface area (Å²) in [6, 6.07) is 4.19. The van der Waals surface area contributed by atoms with Gasteiger partial charge < -0.3 is 4.74 Å². The number of benzene rings is 2. The molecule has 0 amide bonds. The molecule has 5 nitrogen and oxygen atoms in total. The van der Waals surface area contributed by atoms with Gasteiger partial charge in [0.2, 0.25) is 0 Å². The van der Waals surface area contributed by atoms with Gasteiger partial charge in [-0.2, -0.15) is 13.2 Å². The molecule has 0 spiro atoms. The maximum absolute atomic E-state index is 14.6. The molecule has 2 atom stereocenters. The predicted molar refractivity (Wildman–Crippen MR) is 104 cm³/mol. The number of hydrogen-bond acceptors (Lipinski definition) is 5. The number of hydrogen-bond donors (Lipinski definition) is 0. The molecule has 0 bridgehead atoms. The molecule has 32 heavy (non-hydrogen) atoms. The van der Waals surface area contributed by atoms with Gasteiger partial charge in [0.25, 0.3) is 0 Å². The molecule has 1 heterocycles. The molecule has 0 aromatic heterocycles. The largest absolute Gasteiger partial charge is 0.416 e. The third kappa shape index (κ3) is 4.67. The molecule has 1 aliphatic heterocycles. The first-order chi connectivity index (χ1) is 14.5. The van der Waals surface area contributed by atoms with Crippen molar-refractivity contribution in [2.75, 3.05) is 12.9 Å². The van der Waals surface area contributed by atoms with Crippen LogP contribution in [-0.4, -0.2) is 34.4 Å². The summed E-state index contributed by atoms with van der Waals surface area (Å²) >= 11 is 0. The fourth-order valence-corrected chi connectivity index (χ4v) is 6.05. The third-order valence-electron chi connectivity index (χ3n) is 5.47. The number of sulfone groups is 2. The molecule has 1 saturated heterocycles. The summed E-state index contributed by atoms with van der Waals surface area (Å²) in [7, 11) is -8.17. The maximum Gasteiger partial charge on any atom is 0.416 e. The molecule has 0 aliphatic carbocycles. The molecule has 0 N–H and O–H groups in total. The van der Waals surface area contributed by atoms with Crippen molar-refractivity contribution < 1.29 is 43.5 Å². The highest BCUT2D eigenvalue weighted by atomic mass is 32.2. The molecule has 3 rings (SSSR count). The van der Waals surface area contributed by atoms with Gasteiger partial charge in [-0.1, -0.05) is 6.07 Å². The fraction of sp³-hybridized carbons (Fsp3) is 0.400. The van der Waals surface area contributed by atoms with Gasteiger partial charge in [-0.15, -0.1) is 0 Å². The van der Waals surface area contributed by atoms with Crippen LogP contribution in [-0.2, 0) is 30.6 Å². The lowest BCUT2D eigenvalue weighted by Gasteiger charge is -2.38. The minimum atomic E-state index is -4.95. The molecular formula is C20H19F5O5S2. The summed E-state index contributed by atoms with van der Waals surface area (Å²) in [5, 5.41) is 0. The van der Waals surface area contributed by atoms with Crippen LogP contribution in [0.25, 0.3) is 0 Å². The second-order valence-corrected chi connectivity index (χ2v) is 12.4. The molecule has 12 heteroatoms. The molecule has 1 aliphatic rings. The van der Waals surface area contributed by atoms with E-state index in [1.807, 2.05) is 0 Å². The van der Waals surface area contributed by atoms with Crippen LogP contribution in [0.5, 0.6) is 0 Å². The molecule has 0 radical (unpaired) electrons. The van der Waals surface area contributed by atoms with Gasteiger partial charge in [-0.05, 0) is 50.1 Å². The molecule has 2 aromatic carbocycles. The van der Waals surface area contributed by atoms with Crippen LogP contribution in [0.1, 0.15) is 37.0 Å². The summed E-state index contributed by atoms with van der Waals surface area (Å²) in [5.41, 5.74) is -1.53. The monoisotopic (exact) mass is 498 g/mol. The Balaban J connectivity index is 2.00. The highest BCUT2D eigenvalue weighted by Crippen LogP contribution is 2.43. The number of rotatable bonds is 4. The van der Waals surface area contributed by atoms with Crippen LogP contribution in [0.2, 0.25) is 0 Å². The van der Waals surface area contributed by atoms with Crippen molar-refractivity contribution in [1.29, 1.82) is 0 Å². The molecule has 1 fully saturated rings. The van der Waals surface area contributed by atoms with Crippen LogP contribution in [0.4, 0.5) is 22.0 Å². The van der Waals surface area contributed by atoms with E-state index < -0.39 is 58.8 Å². The van der Waals surface area contributed by atoms with E-state index in [0.717, 1.165) is 18.4 Å². The summed E-state index contributed by atoms with van der Waals surface area (Å²) in [6.45, 7) is 1.12. The molecule has 2 unspecified atom stereocenters. The second-order valence-electron chi connectivity index (χ2n) is 7.90. The summed E-state index contributed by atoms with van der Waals surface area (Å²) in [5.74, 6) is -2.28. The third-order valence-corrected chi connectivity index (χ3v) is 9.11. The number of ether oxygens (including phenoxy) is 1. The normalized spacial score (nSPS) is 22.7. The zero-order valence-corrected chi connectivity index (χ0v) is 18.5. The van der Waals surface area contributed by atoms with E-state index in [1.165, 1.54) is 13.0 Å². The van der Waals surface area contributed by atoms with Crippen molar-refractivity contribution in [3.63, 3.8) is 0 Å². The zero-order chi connectivity index (χ0) is 24.1. The van der Waals surface area contributed by atoms with Crippen molar-refractivity contribution in [2.45, 2.75) is 46.6 Å². The Morgan fingerprint density at radius 2 is 1.66 bits per heavy atom. The summed E-state index contributed by atoms with van der Waals surface area (Å²) in [6.07, 6.45) is -5.60. The van der Waals surface area contributed by atoms with Crippen molar-refractivity contribution in [3.8, 4) is 0 Å². The van der Waals surface area contributed by atoms with E-state index in [9.17, 15) is 38.8 Å². The smallest absolute Gasteiger partial charge is 0.373 e. The molecule has 2 aromatic rings. The fourth-order valence-electron chi connectivity index (χ4n) is 3.58. The van der Waals surface area contributed by atoms with Crippen molar-refractivity contribution in [3.05, 3.63) is 59.2 Å². The topological polar surface area (TPSA) is 77.5 Å². The van der Waals surface area contributed by atoms with Gasteiger partial charge in [-0.3, -0.25) is 0 Å². The van der Waals surface area contributed by atoms with E-state index in [0.29, 0.717) is 12.1 Å². The Bertz CT molecular complexity index is 1260. The lowest BCUT2D eigenvalue weighted by Crippen LogP contribution is -2.42. The van der Waals surface area contributed by atoms with E-state index >= 15 is 0 Å². The minimum absolute atomic E-state index is 0.0891. The summed E-state index contributed by atoms with van der Waals surface area (Å²) < 4.78 is 121. The van der Waals surface area contributed by atoms with E-state index in [2.05, 4.69) is 0 Å². The number of alkyl halides is 3. The molecular weight excluding hydrogens is 479 g/mol. The summed E-state index contributed by atoms with van der Waals surface area (Å²) in [4.78, 5) is -1.11. The highest BCUT2D eigenvalue weighted by molar-refractivity contribution is 7.92. The van der Waals surface area contributed by atoms with Crippen molar-refractivity contribution in [2.24, 2.45) is 0 Å². The molecule has 176 valence electrons. The van der Waals surface area contributed by atoms with Gasteiger partial charge in [0.15, 0.2) is 19.7 Å². The van der Waals surface area contributed by atoms with Crippen LogP contribution in [0.3, 0.4) is 0 Å². The predicted octanol–water partition coefficient (Wildman–Crippen LogP) is 4.47. The van der Waals surface area contributed by atoms with Crippen molar-refractivity contribution in [1.82, 2.24) is 0 Å². The lowest BCUT2D eigenvalue weighted by molar-refractivity contribution is -0.137. The maximum atomic E-state index is 14.6. The van der Waals surface area contributed by atoms with Gasteiger partial charge in [0.1, 0.15) is 11.6 Å². The van der Waals surface area contributed by atoms with E-state index in [1.54, 1.807) is 0 Å². The Morgan fingerprint density at radius 1 is 1.00 bits per heavy atom. The van der Waals surface area contributed by atoms with E-state index in [-0.39, 0.29) is 36.0 Å². The van der Waals surface area contributed by atoms with E-state index in [4.69, 9.17) is 4.74 Å². The SMILES string of the molecule is CC1(S(=O)(=O)c2cc(F)cc(C(F)(F)F)c2)CCOC(c2ccc(S(C)(=O)=O)cc2F)C1. The molecule has 0 saturated carbocycles. The lowest BCUT2D eigenvalue weighted by atomic mass is 9.92. The van der Waals surface area contributed by atoms with Crippen LogP contribution in [0, 0.1) is 11.6 Å². The van der Waals surface area contributed by atoms with Gasteiger partial charge in [0, 0.05) is 18.4 Å². The van der Waals surface area contributed by atoms with Gasteiger partial charge in [0.05, 0.1) is 26.2 Å². The Labute approximate surface area is 182 Å². The Kier molecular flexibility index (Phi) is 6.20. The first-order valence-electron chi connectivity index (χ1n) is 9.28. The van der Waals surface area contributed by atoms with Gasteiger partial charge >= 0.3 is 6.18 Å². The van der Waals surface area contributed by atoms with Gasteiger partial charge in [-0.25, -0.2) is 25.6 Å². The second kappa shape index (κ2) is 8.07. The quantitative estimate of drug-likeness (QED) is 0.582. The van der Waals surface area contributed by atoms with Crippen LogP contribution >= 0.6 is 0 Å². The first kappa shape index (κ1) is 24.6. The van der Waals surface area contributed by atoms with Crippen molar-refractivity contribution >= 4 is 19.7 Å². The average molecular weight is 498 g/mol.